The SMILES string of the molecule is [CH2]C1C=C(C)N(COCC)O1. The van der Waals surface area contributed by atoms with Crippen LogP contribution in [0.15, 0.2) is 11.8 Å². The summed E-state index contributed by atoms with van der Waals surface area (Å²) < 4.78 is 5.17. The third kappa shape index (κ3) is 2.20. The zero-order valence-electron chi connectivity index (χ0n) is 7.04. The standard InChI is InChI=1S/C8H14NO2/c1-4-10-6-9-7(2)5-8(3)11-9/h5,8H,3-4,6H2,1-2H3. The van der Waals surface area contributed by atoms with Crippen molar-refractivity contribution >= 4 is 0 Å². The molecule has 0 aromatic carbocycles. The van der Waals surface area contributed by atoms with Gasteiger partial charge in [0, 0.05) is 12.3 Å². The average molecular weight is 156 g/mol. The van der Waals surface area contributed by atoms with Crippen LogP contribution < -0.4 is 0 Å². The largest absolute Gasteiger partial charge is 0.359 e. The fourth-order valence-corrected chi connectivity index (χ4v) is 0.936. The van der Waals surface area contributed by atoms with Crippen molar-refractivity contribution in [3.8, 4) is 0 Å². The summed E-state index contributed by atoms with van der Waals surface area (Å²) in [6.07, 6.45) is 1.90. The summed E-state index contributed by atoms with van der Waals surface area (Å²) in [5.41, 5.74) is 1.07. The fraction of sp³-hybridized carbons (Fsp3) is 0.625. The number of nitrogens with zero attached hydrogens (tertiary/aromatic N) is 1. The summed E-state index contributed by atoms with van der Waals surface area (Å²) in [7, 11) is 0. The molecule has 0 N–H and O–H groups in total. The molecule has 0 aromatic heterocycles. The highest BCUT2D eigenvalue weighted by Crippen LogP contribution is 2.16. The van der Waals surface area contributed by atoms with Gasteiger partial charge in [0.25, 0.3) is 0 Å². The van der Waals surface area contributed by atoms with Crippen LogP contribution in [0.3, 0.4) is 0 Å². The van der Waals surface area contributed by atoms with Crippen molar-refractivity contribution in [2.24, 2.45) is 0 Å². The Kier molecular flexibility index (Phi) is 2.91. The van der Waals surface area contributed by atoms with Gasteiger partial charge >= 0.3 is 0 Å². The molecule has 1 radical (unpaired) electrons. The van der Waals surface area contributed by atoms with Gasteiger partial charge in [-0.05, 0) is 26.8 Å². The molecule has 3 nitrogen and oxygen atoms in total. The molecule has 0 fully saturated rings. The Hall–Kier alpha value is -0.540. The first-order valence-electron chi connectivity index (χ1n) is 3.77. The predicted molar refractivity (Wildman–Crippen MR) is 42.3 cm³/mol. The van der Waals surface area contributed by atoms with E-state index >= 15 is 0 Å². The molecule has 1 aliphatic rings. The minimum atomic E-state index is -0.0598. The van der Waals surface area contributed by atoms with Crippen molar-refractivity contribution < 1.29 is 9.57 Å². The minimum Gasteiger partial charge on any atom is -0.359 e. The Morgan fingerprint density at radius 1 is 1.82 bits per heavy atom. The lowest BCUT2D eigenvalue weighted by Gasteiger charge is -2.18. The van der Waals surface area contributed by atoms with Gasteiger partial charge < -0.3 is 4.74 Å². The monoisotopic (exact) mass is 156 g/mol. The van der Waals surface area contributed by atoms with Gasteiger partial charge in [-0.1, -0.05) is 0 Å². The summed E-state index contributed by atoms with van der Waals surface area (Å²) in [6.45, 7) is 8.88. The summed E-state index contributed by atoms with van der Waals surface area (Å²) in [5, 5.41) is 1.71. The summed E-state index contributed by atoms with van der Waals surface area (Å²) in [4.78, 5) is 5.28. The number of allylic oxidation sites excluding steroid dienone is 1. The number of hydroxylamine groups is 2. The van der Waals surface area contributed by atoms with Crippen LogP contribution in [0.4, 0.5) is 0 Å². The van der Waals surface area contributed by atoms with Crippen LogP contribution in [-0.2, 0) is 9.57 Å². The molecule has 0 amide bonds. The van der Waals surface area contributed by atoms with Crippen LogP contribution in [0.1, 0.15) is 13.8 Å². The van der Waals surface area contributed by atoms with Crippen molar-refractivity contribution in [1.29, 1.82) is 0 Å². The molecule has 1 aliphatic heterocycles. The number of rotatable bonds is 3. The lowest BCUT2D eigenvalue weighted by molar-refractivity contribution is -0.176. The number of ether oxygens (including phenoxy) is 1. The van der Waals surface area contributed by atoms with E-state index in [1.165, 1.54) is 0 Å². The van der Waals surface area contributed by atoms with Crippen LogP contribution in [0.5, 0.6) is 0 Å². The smallest absolute Gasteiger partial charge is 0.143 e. The van der Waals surface area contributed by atoms with E-state index in [2.05, 4.69) is 6.92 Å². The second kappa shape index (κ2) is 3.74. The van der Waals surface area contributed by atoms with Gasteiger partial charge in [0.15, 0.2) is 0 Å². The van der Waals surface area contributed by atoms with Crippen molar-refractivity contribution in [3.05, 3.63) is 18.7 Å². The van der Waals surface area contributed by atoms with Gasteiger partial charge in [0.1, 0.15) is 12.8 Å². The third-order valence-electron chi connectivity index (χ3n) is 1.50. The van der Waals surface area contributed by atoms with Gasteiger partial charge in [-0.25, -0.2) is 5.06 Å². The van der Waals surface area contributed by atoms with E-state index in [9.17, 15) is 0 Å². The Bertz CT molecular complexity index is 156. The number of hydrogen-bond acceptors (Lipinski definition) is 3. The lowest BCUT2D eigenvalue weighted by atomic mass is 10.3. The molecular weight excluding hydrogens is 142 g/mol. The quantitative estimate of drug-likeness (QED) is 0.615. The molecule has 3 heteroatoms. The highest BCUT2D eigenvalue weighted by molar-refractivity contribution is 5.04. The first kappa shape index (κ1) is 8.56. The van der Waals surface area contributed by atoms with E-state index in [0.717, 1.165) is 5.70 Å². The van der Waals surface area contributed by atoms with Gasteiger partial charge in [-0.15, -0.1) is 0 Å². The second-order valence-electron chi connectivity index (χ2n) is 2.45. The van der Waals surface area contributed by atoms with E-state index in [1.54, 1.807) is 5.06 Å². The van der Waals surface area contributed by atoms with E-state index in [4.69, 9.17) is 9.57 Å². The maximum atomic E-state index is 5.28. The first-order valence-corrected chi connectivity index (χ1v) is 3.77. The minimum absolute atomic E-state index is 0.0598. The first-order chi connectivity index (χ1) is 5.24. The van der Waals surface area contributed by atoms with E-state index < -0.39 is 0 Å². The molecule has 0 spiro atoms. The molecular formula is C8H14NO2. The van der Waals surface area contributed by atoms with Crippen LogP contribution in [0, 0.1) is 6.92 Å². The van der Waals surface area contributed by atoms with Crippen molar-refractivity contribution in [2.45, 2.75) is 20.0 Å². The average Bonchev–Trinajstić information content (AvgIpc) is 2.26. The van der Waals surface area contributed by atoms with Crippen molar-refractivity contribution in [3.63, 3.8) is 0 Å². The fourth-order valence-electron chi connectivity index (χ4n) is 0.936. The number of hydrogen-bond donors (Lipinski definition) is 0. The van der Waals surface area contributed by atoms with E-state index in [1.807, 2.05) is 19.9 Å². The molecule has 0 aliphatic carbocycles. The molecule has 63 valence electrons. The predicted octanol–water partition coefficient (Wildman–Crippen LogP) is 1.33. The maximum Gasteiger partial charge on any atom is 0.143 e. The molecule has 11 heavy (non-hydrogen) atoms. The van der Waals surface area contributed by atoms with E-state index in [-0.39, 0.29) is 6.10 Å². The highest BCUT2D eigenvalue weighted by Gasteiger charge is 2.17. The van der Waals surface area contributed by atoms with Crippen LogP contribution in [-0.4, -0.2) is 24.5 Å². The zero-order valence-corrected chi connectivity index (χ0v) is 7.04. The summed E-state index contributed by atoms with van der Waals surface area (Å²) >= 11 is 0. The molecule has 0 bridgehead atoms. The molecule has 0 aromatic rings. The van der Waals surface area contributed by atoms with Crippen LogP contribution >= 0.6 is 0 Å². The van der Waals surface area contributed by atoms with E-state index in [0.29, 0.717) is 13.3 Å². The highest BCUT2D eigenvalue weighted by atomic mass is 16.7. The Labute approximate surface area is 67.5 Å². The molecule has 1 rings (SSSR count). The summed E-state index contributed by atoms with van der Waals surface area (Å²) in [6, 6.07) is 0. The van der Waals surface area contributed by atoms with Crippen LogP contribution in [0.2, 0.25) is 0 Å². The van der Waals surface area contributed by atoms with Gasteiger partial charge in [0.2, 0.25) is 0 Å². The lowest BCUT2D eigenvalue weighted by Crippen LogP contribution is -2.22. The molecule has 0 saturated heterocycles. The molecule has 1 atom stereocenters. The van der Waals surface area contributed by atoms with Crippen LogP contribution in [0.25, 0.3) is 0 Å². The zero-order chi connectivity index (χ0) is 8.27. The normalized spacial score (nSPS) is 24.1. The third-order valence-corrected chi connectivity index (χ3v) is 1.50. The Morgan fingerprint density at radius 2 is 2.55 bits per heavy atom. The molecule has 1 heterocycles. The Morgan fingerprint density at radius 3 is 3.00 bits per heavy atom. The molecule has 0 saturated carbocycles. The topological polar surface area (TPSA) is 21.7 Å². The van der Waals surface area contributed by atoms with Crippen molar-refractivity contribution in [2.75, 3.05) is 13.3 Å². The Balaban J connectivity index is 2.32. The second-order valence-corrected chi connectivity index (χ2v) is 2.45. The van der Waals surface area contributed by atoms with Gasteiger partial charge in [-0.2, -0.15) is 0 Å². The van der Waals surface area contributed by atoms with Gasteiger partial charge in [0.05, 0.1) is 0 Å². The maximum absolute atomic E-state index is 5.28. The van der Waals surface area contributed by atoms with Crippen molar-refractivity contribution in [1.82, 2.24) is 5.06 Å². The molecule has 1 unspecified atom stereocenters. The summed E-state index contributed by atoms with van der Waals surface area (Å²) in [5.74, 6) is 0. The van der Waals surface area contributed by atoms with Gasteiger partial charge in [-0.3, -0.25) is 4.84 Å².